The summed E-state index contributed by atoms with van der Waals surface area (Å²) in [7, 11) is 3.44. The summed E-state index contributed by atoms with van der Waals surface area (Å²) in [6.45, 7) is 6.56. The number of nitrogens with zero attached hydrogens (tertiary/aromatic N) is 1. The van der Waals surface area contributed by atoms with Gasteiger partial charge in [-0.1, -0.05) is 12.1 Å². The Bertz CT molecular complexity index is 455. The molecule has 0 radical (unpaired) electrons. The molecule has 0 aliphatic carbocycles. The van der Waals surface area contributed by atoms with Gasteiger partial charge in [0, 0.05) is 40.0 Å². The normalized spacial score (nSPS) is 10.9. The van der Waals surface area contributed by atoms with Crippen LogP contribution in [0.4, 0.5) is 0 Å². The number of ether oxygens (including phenoxy) is 3. The molecule has 0 spiro atoms. The van der Waals surface area contributed by atoms with Crippen LogP contribution in [0.15, 0.2) is 29.3 Å². The molecular weight excluding hydrogens is 433 g/mol. The van der Waals surface area contributed by atoms with Crippen molar-refractivity contribution in [2.24, 2.45) is 4.99 Å². The van der Waals surface area contributed by atoms with Gasteiger partial charge >= 0.3 is 0 Å². The molecule has 1 rings (SSSR count). The van der Waals surface area contributed by atoms with Crippen LogP contribution in [0, 0.1) is 0 Å². The minimum atomic E-state index is 0. The number of hydrogen-bond acceptors (Lipinski definition) is 4. The summed E-state index contributed by atoms with van der Waals surface area (Å²) in [6, 6.07) is 7.93. The molecule has 0 aliphatic rings. The second-order valence-electron chi connectivity index (χ2n) is 5.23. The van der Waals surface area contributed by atoms with Crippen LogP contribution in [0.5, 0.6) is 5.75 Å². The zero-order valence-electron chi connectivity index (χ0n) is 15.5. The first-order chi connectivity index (χ1) is 11.8. The maximum atomic E-state index is 5.68. The first-order valence-corrected chi connectivity index (χ1v) is 8.53. The van der Waals surface area contributed by atoms with Crippen molar-refractivity contribution in [3.8, 4) is 5.75 Å². The minimum absolute atomic E-state index is 0. The van der Waals surface area contributed by atoms with Gasteiger partial charge in [0.1, 0.15) is 5.75 Å². The lowest BCUT2D eigenvalue weighted by Crippen LogP contribution is -2.38. The molecule has 0 bridgehead atoms. The number of guanidine groups is 1. The van der Waals surface area contributed by atoms with Crippen LogP contribution in [0.1, 0.15) is 25.3 Å². The summed E-state index contributed by atoms with van der Waals surface area (Å²) in [5.41, 5.74) is 1.15. The monoisotopic (exact) mass is 465 g/mol. The third-order valence-electron chi connectivity index (χ3n) is 3.37. The molecular formula is C18H32IN3O3. The standard InChI is InChI=1S/C18H31N3O3.HI/c1-4-23-13-5-11-20-18(19-2)21-12-6-14-24-15-16-7-9-17(22-3)10-8-16;/h7-10H,4-6,11-15H2,1-3H3,(H2,19,20,21);1H. The zero-order valence-corrected chi connectivity index (χ0v) is 17.9. The summed E-state index contributed by atoms with van der Waals surface area (Å²) in [5, 5.41) is 6.54. The molecule has 6 nitrogen and oxygen atoms in total. The van der Waals surface area contributed by atoms with E-state index in [1.807, 2.05) is 31.2 Å². The van der Waals surface area contributed by atoms with E-state index in [1.54, 1.807) is 14.2 Å². The summed E-state index contributed by atoms with van der Waals surface area (Å²) in [6.07, 6.45) is 1.90. The topological polar surface area (TPSA) is 64.1 Å². The Morgan fingerprint density at radius 2 is 1.60 bits per heavy atom. The van der Waals surface area contributed by atoms with Gasteiger partial charge in [-0.3, -0.25) is 4.99 Å². The summed E-state index contributed by atoms with van der Waals surface area (Å²) >= 11 is 0. The van der Waals surface area contributed by atoms with Crippen LogP contribution < -0.4 is 15.4 Å². The van der Waals surface area contributed by atoms with Gasteiger partial charge in [-0.15, -0.1) is 24.0 Å². The lowest BCUT2D eigenvalue weighted by molar-refractivity contribution is 0.119. The number of halogens is 1. The van der Waals surface area contributed by atoms with Gasteiger partial charge in [0.15, 0.2) is 5.96 Å². The third kappa shape index (κ3) is 12.0. The SMILES string of the molecule is CCOCCCNC(=NC)NCCCOCc1ccc(OC)cc1.I. The predicted octanol–water partition coefficient (Wildman–Crippen LogP) is 2.81. The second kappa shape index (κ2) is 16.4. The highest BCUT2D eigenvalue weighted by Gasteiger charge is 1.98. The lowest BCUT2D eigenvalue weighted by Gasteiger charge is -2.12. The fraction of sp³-hybridized carbons (Fsp3) is 0.611. The van der Waals surface area contributed by atoms with E-state index in [0.29, 0.717) is 13.2 Å². The molecule has 144 valence electrons. The number of benzene rings is 1. The van der Waals surface area contributed by atoms with E-state index in [2.05, 4.69) is 15.6 Å². The Morgan fingerprint density at radius 1 is 1.00 bits per heavy atom. The Labute approximate surface area is 168 Å². The smallest absolute Gasteiger partial charge is 0.190 e. The first-order valence-electron chi connectivity index (χ1n) is 8.53. The molecule has 0 atom stereocenters. The van der Waals surface area contributed by atoms with Crippen LogP contribution >= 0.6 is 24.0 Å². The van der Waals surface area contributed by atoms with Crippen molar-refractivity contribution in [1.82, 2.24) is 10.6 Å². The highest BCUT2D eigenvalue weighted by atomic mass is 127. The number of nitrogens with one attached hydrogen (secondary N) is 2. The van der Waals surface area contributed by atoms with Crippen LogP contribution in [-0.4, -0.2) is 53.0 Å². The molecule has 0 aromatic heterocycles. The van der Waals surface area contributed by atoms with Gasteiger partial charge < -0.3 is 24.8 Å². The zero-order chi connectivity index (χ0) is 17.5. The summed E-state index contributed by atoms with van der Waals surface area (Å²) in [4.78, 5) is 4.19. The third-order valence-corrected chi connectivity index (χ3v) is 3.37. The summed E-state index contributed by atoms with van der Waals surface area (Å²) in [5.74, 6) is 1.68. The van der Waals surface area contributed by atoms with Gasteiger partial charge in [0.2, 0.25) is 0 Å². The fourth-order valence-electron chi connectivity index (χ4n) is 2.04. The maximum absolute atomic E-state index is 5.68. The van der Waals surface area contributed by atoms with E-state index in [1.165, 1.54) is 0 Å². The number of methoxy groups -OCH3 is 1. The molecule has 0 amide bonds. The molecule has 7 heteroatoms. The largest absolute Gasteiger partial charge is 0.497 e. The molecule has 0 unspecified atom stereocenters. The van der Waals surface area contributed by atoms with Crippen molar-refractivity contribution in [1.29, 1.82) is 0 Å². The van der Waals surface area contributed by atoms with Gasteiger partial charge in [0.25, 0.3) is 0 Å². The highest BCUT2D eigenvalue weighted by molar-refractivity contribution is 14.0. The number of hydrogen-bond donors (Lipinski definition) is 2. The van der Waals surface area contributed by atoms with Gasteiger partial charge in [0.05, 0.1) is 13.7 Å². The second-order valence-corrected chi connectivity index (χ2v) is 5.23. The number of aliphatic imine (C=N–C) groups is 1. The minimum Gasteiger partial charge on any atom is -0.497 e. The molecule has 0 saturated heterocycles. The van der Waals surface area contributed by atoms with E-state index in [-0.39, 0.29) is 24.0 Å². The average molecular weight is 465 g/mol. The molecule has 25 heavy (non-hydrogen) atoms. The quantitative estimate of drug-likeness (QED) is 0.215. The van der Waals surface area contributed by atoms with E-state index < -0.39 is 0 Å². The van der Waals surface area contributed by atoms with Gasteiger partial charge in [-0.25, -0.2) is 0 Å². The molecule has 0 fully saturated rings. The van der Waals surface area contributed by atoms with Gasteiger partial charge in [-0.05, 0) is 37.5 Å². The Balaban J connectivity index is 0.00000576. The van der Waals surface area contributed by atoms with Crippen molar-refractivity contribution in [2.75, 3.05) is 47.1 Å². The number of rotatable bonds is 12. The highest BCUT2D eigenvalue weighted by Crippen LogP contribution is 2.11. The molecule has 0 saturated carbocycles. The van der Waals surface area contributed by atoms with E-state index in [9.17, 15) is 0 Å². The average Bonchev–Trinajstić information content (AvgIpc) is 2.63. The van der Waals surface area contributed by atoms with Crippen LogP contribution in [0.2, 0.25) is 0 Å². The van der Waals surface area contributed by atoms with Crippen LogP contribution in [-0.2, 0) is 16.1 Å². The Hall–Kier alpha value is -1.06. The Kier molecular flexibility index (Phi) is 15.7. The van der Waals surface area contributed by atoms with E-state index in [4.69, 9.17) is 14.2 Å². The predicted molar refractivity (Wildman–Crippen MR) is 113 cm³/mol. The lowest BCUT2D eigenvalue weighted by atomic mass is 10.2. The fourth-order valence-corrected chi connectivity index (χ4v) is 2.04. The van der Waals surface area contributed by atoms with Gasteiger partial charge in [-0.2, -0.15) is 0 Å². The van der Waals surface area contributed by atoms with E-state index >= 15 is 0 Å². The van der Waals surface area contributed by atoms with Crippen LogP contribution in [0.3, 0.4) is 0 Å². The van der Waals surface area contributed by atoms with E-state index in [0.717, 1.165) is 56.4 Å². The molecule has 0 heterocycles. The molecule has 2 N–H and O–H groups in total. The van der Waals surface area contributed by atoms with Crippen molar-refractivity contribution in [3.05, 3.63) is 29.8 Å². The maximum Gasteiger partial charge on any atom is 0.190 e. The van der Waals surface area contributed by atoms with Crippen molar-refractivity contribution >= 4 is 29.9 Å². The van der Waals surface area contributed by atoms with Crippen LogP contribution in [0.25, 0.3) is 0 Å². The summed E-state index contributed by atoms with van der Waals surface area (Å²) < 4.78 is 16.1. The molecule has 0 aliphatic heterocycles. The van der Waals surface area contributed by atoms with Crippen molar-refractivity contribution in [2.45, 2.75) is 26.4 Å². The Morgan fingerprint density at radius 3 is 2.12 bits per heavy atom. The molecule has 1 aromatic rings. The van der Waals surface area contributed by atoms with Crippen molar-refractivity contribution < 1.29 is 14.2 Å². The first kappa shape index (κ1) is 23.9. The molecule has 1 aromatic carbocycles. The van der Waals surface area contributed by atoms with Crippen molar-refractivity contribution in [3.63, 3.8) is 0 Å².